The van der Waals surface area contributed by atoms with Crippen molar-refractivity contribution in [3.8, 4) is 11.3 Å². The Hall–Kier alpha value is -1.68. The van der Waals surface area contributed by atoms with E-state index in [9.17, 15) is 0 Å². The van der Waals surface area contributed by atoms with Gasteiger partial charge in [0.15, 0.2) is 5.65 Å². The van der Waals surface area contributed by atoms with Gasteiger partial charge in [-0.05, 0) is 40.2 Å². The van der Waals surface area contributed by atoms with E-state index in [4.69, 9.17) is 0 Å². The largest absolute Gasteiger partial charge is 0.306 e. The molecule has 0 radical (unpaired) electrons. The summed E-state index contributed by atoms with van der Waals surface area (Å²) in [6.45, 7) is 0. The molecule has 0 unspecified atom stereocenters. The van der Waals surface area contributed by atoms with Crippen molar-refractivity contribution in [3.05, 3.63) is 53.5 Å². The molecule has 3 nitrogen and oxygen atoms in total. The van der Waals surface area contributed by atoms with Gasteiger partial charge in [-0.2, -0.15) is 0 Å². The van der Waals surface area contributed by atoms with Crippen LogP contribution in [0.1, 0.15) is 0 Å². The highest BCUT2D eigenvalue weighted by atomic mass is 79.9. The Kier molecular flexibility index (Phi) is 2.22. The Bertz CT molecular complexity index is 631. The van der Waals surface area contributed by atoms with Crippen LogP contribution < -0.4 is 0 Å². The molecule has 0 N–H and O–H groups in total. The van der Waals surface area contributed by atoms with Gasteiger partial charge in [-0.15, -0.1) is 0 Å². The molecule has 0 amide bonds. The molecule has 0 aliphatic heterocycles. The summed E-state index contributed by atoms with van der Waals surface area (Å²) in [6.07, 6.45) is 7.54. The van der Waals surface area contributed by atoms with Gasteiger partial charge >= 0.3 is 0 Å². The normalized spacial score (nSPS) is 10.8. The number of pyridine rings is 2. The van der Waals surface area contributed by atoms with E-state index in [0.29, 0.717) is 0 Å². The molecule has 3 aromatic heterocycles. The number of hydrogen-bond acceptors (Lipinski definition) is 2. The number of rotatable bonds is 1. The fourth-order valence-corrected chi connectivity index (χ4v) is 2.09. The molecule has 3 rings (SSSR count). The molecule has 0 aromatic carbocycles. The van der Waals surface area contributed by atoms with Crippen LogP contribution in [0.5, 0.6) is 0 Å². The molecule has 0 saturated carbocycles. The molecular weight excluding hydrogens is 266 g/mol. The average molecular weight is 274 g/mol. The van der Waals surface area contributed by atoms with Gasteiger partial charge < -0.3 is 4.40 Å². The molecule has 0 aliphatic rings. The van der Waals surface area contributed by atoms with Crippen LogP contribution in [0.2, 0.25) is 0 Å². The number of imidazole rings is 1. The van der Waals surface area contributed by atoms with Crippen LogP contribution in [0, 0.1) is 0 Å². The van der Waals surface area contributed by atoms with E-state index >= 15 is 0 Å². The Balaban J connectivity index is 2.23. The van der Waals surface area contributed by atoms with E-state index in [2.05, 4.69) is 25.9 Å². The standard InChI is InChI=1S/C12H8BrN3/c13-10-2-1-7-16-8-11(15-12(10)16)9-3-5-14-6-4-9/h1-8H. The highest BCUT2D eigenvalue weighted by Crippen LogP contribution is 2.22. The van der Waals surface area contributed by atoms with E-state index in [1.807, 2.05) is 41.1 Å². The second kappa shape index (κ2) is 3.72. The third-order valence-corrected chi connectivity index (χ3v) is 3.03. The van der Waals surface area contributed by atoms with Crippen LogP contribution in [0.3, 0.4) is 0 Å². The summed E-state index contributed by atoms with van der Waals surface area (Å²) in [6, 6.07) is 7.87. The van der Waals surface area contributed by atoms with Crippen molar-refractivity contribution < 1.29 is 0 Å². The summed E-state index contributed by atoms with van der Waals surface area (Å²) in [5.74, 6) is 0. The molecule has 0 spiro atoms. The molecule has 3 heterocycles. The van der Waals surface area contributed by atoms with Crippen LogP contribution in [0.4, 0.5) is 0 Å². The summed E-state index contributed by atoms with van der Waals surface area (Å²) in [4.78, 5) is 8.57. The predicted octanol–water partition coefficient (Wildman–Crippen LogP) is 3.16. The minimum Gasteiger partial charge on any atom is -0.306 e. The number of halogens is 1. The second-order valence-electron chi connectivity index (χ2n) is 3.45. The van der Waals surface area contributed by atoms with Gasteiger partial charge in [0.1, 0.15) is 0 Å². The van der Waals surface area contributed by atoms with Crippen molar-refractivity contribution in [3.63, 3.8) is 0 Å². The van der Waals surface area contributed by atoms with Crippen molar-refractivity contribution >= 4 is 21.6 Å². The maximum Gasteiger partial charge on any atom is 0.151 e. The summed E-state index contributed by atoms with van der Waals surface area (Å²) in [7, 11) is 0. The van der Waals surface area contributed by atoms with Crippen LogP contribution in [-0.2, 0) is 0 Å². The molecule has 0 aliphatic carbocycles. The zero-order chi connectivity index (χ0) is 11.0. The van der Waals surface area contributed by atoms with Gasteiger partial charge in [0, 0.05) is 30.4 Å². The molecule has 16 heavy (non-hydrogen) atoms. The van der Waals surface area contributed by atoms with Crippen LogP contribution in [-0.4, -0.2) is 14.4 Å². The van der Waals surface area contributed by atoms with E-state index in [1.54, 1.807) is 12.4 Å². The van der Waals surface area contributed by atoms with Gasteiger partial charge in [-0.1, -0.05) is 0 Å². The predicted molar refractivity (Wildman–Crippen MR) is 66.1 cm³/mol. The zero-order valence-electron chi connectivity index (χ0n) is 8.34. The lowest BCUT2D eigenvalue weighted by Gasteiger charge is -1.92. The maximum atomic E-state index is 4.57. The molecule has 0 fully saturated rings. The first-order valence-corrected chi connectivity index (χ1v) is 5.67. The smallest absolute Gasteiger partial charge is 0.151 e. The highest BCUT2D eigenvalue weighted by molar-refractivity contribution is 9.10. The average Bonchev–Trinajstić information content (AvgIpc) is 2.76. The molecule has 0 atom stereocenters. The Morgan fingerprint density at radius 3 is 2.69 bits per heavy atom. The third-order valence-electron chi connectivity index (χ3n) is 2.41. The van der Waals surface area contributed by atoms with Crippen molar-refractivity contribution in [2.75, 3.05) is 0 Å². The zero-order valence-corrected chi connectivity index (χ0v) is 9.92. The first-order chi connectivity index (χ1) is 7.84. The van der Waals surface area contributed by atoms with E-state index < -0.39 is 0 Å². The quantitative estimate of drug-likeness (QED) is 0.682. The molecule has 0 saturated heterocycles. The summed E-state index contributed by atoms with van der Waals surface area (Å²) in [5, 5.41) is 0. The lowest BCUT2D eigenvalue weighted by atomic mass is 10.2. The van der Waals surface area contributed by atoms with E-state index in [0.717, 1.165) is 21.4 Å². The first kappa shape index (κ1) is 9.54. The first-order valence-electron chi connectivity index (χ1n) is 4.88. The maximum absolute atomic E-state index is 4.57. The van der Waals surface area contributed by atoms with Crippen LogP contribution >= 0.6 is 15.9 Å². The molecule has 78 valence electrons. The van der Waals surface area contributed by atoms with E-state index in [-0.39, 0.29) is 0 Å². The highest BCUT2D eigenvalue weighted by Gasteiger charge is 2.05. The minimum atomic E-state index is 0.925. The van der Waals surface area contributed by atoms with Gasteiger partial charge in [0.05, 0.1) is 10.2 Å². The summed E-state index contributed by atoms with van der Waals surface area (Å²) < 4.78 is 3.00. The summed E-state index contributed by atoms with van der Waals surface area (Å²) in [5.41, 5.74) is 2.95. The van der Waals surface area contributed by atoms with Crippen LogP contribution in [0.15, 0.2) is 53.5 Å². The van der Waals surface area contributed by atoms with Crippen LogP contribution in [0.25, 0.3) is 16.9 Å². The lowest BCUT2D eigenvalue weighted by molar-refractivity contribution is 1.18. The Labute approximate surface area is 101 Å². The number of nitrogens with zero attached hydrogens (tertiary/aromatic N) is 3. The third kappa shape index (κ3) is 1.51. The fourth-order valence-electron chi connectivity index (χ4n) is 1.64. The van der Waals surface area contributed by atoms with Gasteiger partial charge in [0.25, 0.3) is 0 Å². The summed E-state index contributed by atoms with van der Waals surface area (Å²) >= 11 is 3.49. The van der Waals surface area contributed by atoms with Crippen molar-refractivity contribution in [2.45, 2.75) is 0 Å². The molecule has 0 bridgehead atoms. The molecular formula is C12H8BrN3. The van der Waals surface area contributed by atoms with Gasteiger partial charge in [-0.25, -0.2) is 4.98 Å². The number of fused-ring (bicyclic) bond motifs is 1. The topological polar surface area (TPSA) is 30.2 Å². The lowest BCUT2D eigenvalue weighted by Crippen LogP contribution is -1.80. The molecule has 4 heteroatoms. The van der Waals surface area contributed by atoms with Gasteiger partial charge in [-0.3, -0.25) is 4.98 Å². The Morgan fingerprint density at radius 2 is 1.94 bits per heavy atom. The van der Waals surface area contributed by atoms with Gasteiger partial charge in [0.2, 0.25) is 0 Å². The Morgan fingerprint density at radius 1 is 1.12 bits per heavy atom. The monoisotopic (exact) mass is 273 g/mol. The number of aromatic nitrogens is 3. The van der Waals surface area contributed by atoms with Crippen molar-refractivity contribution in [2.24, 2.45) is 0 Å². The number of hydrogen-bond donors (Lipinski definition) is 0. The fraction of sp³-hybridized carbons (Fsp3) is 0. The SMILES string of the molecule is Brc1cccn2cc(-c3ccncc3)nc12. The van der Waals surface area contributed by atoms with Crippen molar-refractivity contribution in [1.29, 1.82) is 0 Å². The van der Waals surface area contributed by atoms with E-state index in [1.165, 1.54) is 0 Å². The molecule has 3 aromatic rings. The minimum absolute atomic E-state index is 0.925. The second-order valence-corrected chi connectivity index (χ2v) is 4.30. The van der Waals surface area contributed by atoms with Crippen molar-refractivity contribution in [1.82, 2.24) is 14.4 Å².